The maximum atomic E-state index is 9.57. The van der Waals surface area contributed by atoms with Crippen LogP contribution in [0.15, 0.2) is 27.8 Å². The van der Waals surface area contributed by atoms with E-state index in [0.717, 1.165) is 5.56 Å². The summed E-state index contributed by atoms with van der Waals surface area (Å²) in [5.41, 5.74) is 8.93. The van der Waals surface area contributed by atoms with Gasteiger partial charge in [-0.2, -0.15) is 0 Å². The van der Waals surface area contributed by atoms with Gasteiger partial charge in [0.1, 0.15) is 0 Å². The quantitative estimate of drug-likeness (QED) is 0.522. The van der Waals surface area contributed by atoms with Gasteiger partial charge in [0.25, 0.3) is 0 Å². The third-order valence-corrected chi connectivity index (χ3v) is 2.44. The molecule has 1 aromatic rings. The van der Waals surface area contributed by atoms with Crippen molar-refractivity contribution in [3.63, 3.8) is 0 Å². The number of phenols is 1. The summed E-state index contributed by atoms with van der Waals surface area (Å²) in [6.07, 6.45) is 3.50. The first-order valence-corrected chi connectivity index (χ1v) is 5.22. The number of ether oxygens (including phenoxy) is 1. The number of methoxy groups -OCH3 is 1. The van der Waals surface area contributed by atoms with Crippen molar-refractivity contribution < 1.29 is 9.84 Å². The van der Waals surface area contributed by atoms with Gasteiger partial charge in [0.05, 0.1) is 11.6 Å². The van der Waals surface area contributed by atoms with Crippen LogP contribution in [0.4, 0.5) is 0 Å². The first-order valence-electron chi connectivity index (χ1n) is 4.43. The van der Waals surface area contributed by atoms with E-state index in [1.54, 1.807) is 24.3 Å². The second-order valence-electron chi connectivity index (χ2n) is 2.87. The molecule has 0 radical (unpaired) electrons. The SMILES string of the molecule is COc1cc(C=CCN=[N+]=[N-])cc(Br)c1O. The molecule has 84 valence electrons. The van der Waals surface area contributed by atoms with Crippen LogP contribution in [-0.4, -0.2) is 18.8 Å². The van der Waals surface area contributed by atoms with Crippen LogP contribution in [0.25, 0.3) is 16.5 Å². The molecule has 0 aromatic heterocycles. The minimum absolute atomic E-state index is 0.0645. The van der Waals surface area contributed by atoms with Gasteiger partial charge in [-0.3, -0.25) is 0 Å². The summed E-state index contributed by atoms with van der Waals surface area (Å²) in [7, 11) is 1.48. The van der Waals surface area contributed by atoms with Crippen molar-refractivity contribution in [2.75, 3.05) is 13.7 Å². The Labute approximate surface area is 101 Å². The van der Waals surface area contributed by atoms with Crippen molar-refractivity contribution >= 4 is 22.0 Å². The van der Waals surface area contributed by atoms with Gasteiger partial charge in [0.15, 0.2) is 11.5 Å². The molecular formula is C10H10BrN3O2. The highest BCUT2D eigenvalue weighted by Gasteiger charge is 2.06. The highest BCUT2D eigenvalue weighted by Crippen LogP contribution is 2.35. The Morgan fingerprint density at radius 1 is 1.62 bits per heavy atom. The number of nitrogens with zero attached hydrogens (tertiary/aromatic N) is 3. The molecule has 0 atom stereocenters. The van der Waals surface area contributed by atoms with Crippen molar-refractivity contribution in [1.29, 1.82) is 0 Å². The van der Waals surface area contributed by atoms with Crippen LogP contribution in [0.2, 0.25) is 0 Å². The van der Waals surface area contributed by atoms with E-state index in [4.69, 9.17) is 10.3 Å². The van der Waals surface area contributed by atoms with E-state index in [1.165, 1.54) is 7.11 Å². The van der Waals surface area contributed by atoms with E-state index in [0.29, 0.717) is 10.2 Å². The van der Waals surface area contributed by atoms with Crippen LogP contribution in [0.1, 0.15) is 5.56 Å². The number of azide groups is 1. The second-order valence-corrected chi connectivity index (χ2v) is 3.72. The van der Waals surface area contributed by atoms with Gasteiger partial charge in [0.2, 0.25) is 0 Å². The van der Waals surface area contributed by atoms with Gasteiger partial charge in [-0.1, -0.05) is 17.3 Å². The lowest BCUT2D eigenvalue weighted by atomic mass is 10.2. The summed E-state index contributed by atoms with van der Waals surface area (Å²) in [4.78, 5) is 2.63. The fraction of sp³-hybridized carbons (Fsp3) is 0.200. The van der Waals surface area contributed by atoms with Gasteiger partial charge in [-0.05, 0) is 39.2 Å². The zero-order chi connectivity index (χ0) is 12.0. The predicted molar refractivity (Wildman–Crippen MR) is 65.4 cm³/mol. The molecule has 0 saturated heterocycles. The topological polar surface area (TPSA) is 78.2 Å². The molecule has 1 rings (SSSR count). The van der Waals surface area contributed by atoms with Crippen molar-refractivity contribution in [2.24, 2.45) is 5.11 Å². The molecule has 0 saturated carbocycles. The Balaban J connectivity index is 2.93. The van der Waals surface area contributed by atoms with Gasteiger partial charge in [-0.15, -0.1) is 0 Å². The summed E-state index contributed by atoms with van der Waals surface area (Å²) >= 11 is 3.21. The molecule has 1 N–H and O–H groups in total. The van der Waals surface area contributed by atoms with Gasteiger partial charge >= 0.3 is 0 Å². The fourth-order valence-electron chi connectivity index (χ4n) is 1.12. The predicted octanol–water partition coefficient (Wildman–Crippen LogP) is 3.49. The van der Waals surface area contributed by atoms with Gasteiger partial charge in [0, 0.05) is 11.5 Å². The van der Waals surface area contributed by atoms with E-state index in [1.807, 2.05) is 0 Å². The van der Waals surface area contributed by atoms with Crippen molar-refractivity contribution in [1.82, 2.24) is 0 Å². The number of phenolic OH excluding ortho intramolecular Hbond substituents is 1. The molecule has 0 aliphatic rings. The monoisotopic (exact) mass is 283 g/mol. The van der Waals surface area contributed by atoms with E-state index in [-0.39, 0.29) is 12.3 Å². The van der Waals surface area contributed by atoms with Crippen LogP contribution < -0.4 is 4.74 Å². The normalized spacial score (nSPS) is 10.1. The molecule has 1 aromatic carbocycles. The summed E-state index contributed by atoms with van der Waals surface area (Å²) in [5, 5.41) is 12.9. The smallest absolute Gasteiger partial charge is 0.172 e. The maximum absolute atomic E-state index is 9.57. The van der Waals surface area contributed by atoms with Crippen LogP contribution >= 0.6 is 15.9 Å². The number of hydrogen-bond donors (Lipinski definition) is 1. The highest BCUT2D eigenvalue weighted by molar-refractivity contribution is 9.10. The number of aromatic hydroxyl groups is 1. The zero-order valence-electron chi connectivity index (χ0n) is 8.59. The molecule has 6 heteroatoms. The van der Waals surface area contributed by atoms with Gasteiger partial charge < -0.3 is 9.84 Å². The Kier molecular flexibility index (Phi) is 4.69. The lowest BCUT2D eigenvalue weighted by Gasteiger charge is -2.06. The molecule has 0 aliphatic heterocycles. The number of halogens is 1. The average molecular weight is 284 g/mol. The van der Waals surface area contributed by atoms with Crippen LogP contribution in [-0.2, 0) is 0 Å². The van der Waals surface area contributed by atoms with Crippen molar-refractivity contribution in [3.8, 4) is 11.5 Å². The Hall–Kier alpha value is -1.65. The molecular weight excluding hydrogens is 274 g/mol. The Bertz CT molecular complexity index is 454. The number of rotatable bonds is 4. The molecule has 0 amide bonds. The molecule has 5 nitrogen and oxygen atoms in total. The lowest BCUT2D eigenvalue weighted by molar-refractivity contribution is 0.372. The fourth-order valence-corrected chi connectivity index (χ4v) is 1.58. The number of benzene rings is 1. The minimum Gasteiger partial charge on any atom is -0.503 e. The number of hydrogen-bond acceptors (Lipinski definition) is 3. The summed E-state index contributed by atoms with van der Waals surface area (Å²) in [5.74, 6) is 0.451. The summed E-state index contributed by atoms with van der Waals surface area (Å²) in [6.45, 7) is 0.289. The summed E-state index contributed by atoms with van der Waals surface area (Å²) in [6, 6.07) is 3.43. The standard InChI is InChI=1S/C10H10BrN3O2/c1-16-9-6-7(3-2-4-13-14-12)5-8(11)10(9)15/h2-3,5-6,15H,4H2,1H3. The third-order valence-electron chi connectivity index (χ3n) is 1.83. The second kappa shape index (κ2) is 6.05. The molecule has 0 unspecified atom stereocenters. The molecule has 0 aliphatic carbocycles. The highest BCUT2D eigenvalue weighted by atomic mass is 79.9. The molecule has 0 fully saturated rings. The Morgan fingerprint density at radius 3 is 3.00 bits per heavy atom. The van der Waals surface area contributed by atoms with E-state index >= 15 is 0 Å². The lowest BCUT2D eigenvalue weighted by Crippen LogP contribution is -1.86. The third kappa shape index (κ3) is 3.18. The minimum atomic E-state index is 0.0645. The first-order chi connectivity index (χ1) is 7.69. The Morgan fingerprint density at radius 2 is 2.38 bits per heavy atom. The maximum Gasteiger partial charge on any atom is 0.172 e. The molecule has 16 heavy (non-hydrogen) atoms. The van der Waals surface area contributed by atoms with E-state index in [9.17, 15) is 5.11 Å². The largest absolute Gasteiger partial charge is 0.503 e. The van der Waals surface area contributed by atoms with Crippen molar-refractivity contribution in [3.05, 3.63) is 38.7 Å². The van der Waals surface area contributed by atoms with Gasteiger partial charge in [-0.25, -0.2) is 0 Å². The molecule has 0 heterocycles. The zero-order valence-corrected chi connectivity index (χ0v) is 10.2. The summed E-state index contributed by atoms with van der Waals surface area (Å²) < 4.78 is 5.55. The molecule has 0 bridgehead atoms. The van der Waals surface area contributed by atoms with E-state index in [2.05, 4.69) is 26.0 Å². The van der Waals surface area contributed by atoms with Crippen LogP contribution in [0, 0.1) is 0 Å². The first kappa shape index (κ1) is 12.4. The average Bonchev–Trinajstić information content (AvgIpc) is 2.29. The van der Waals surface area contributed by atoms with E-state index < -0.39 is 0 Å². The van der Waals surface area contributed by atoms with Crippen LogP contribution in [0.5, 0.6) is 11.5 Å². The molecule has 0 spiro atoms. The van der Waals surface area contributed by atoms with Crippen molar-refractivity contribution in [2.45, 2.75) is 0 Å². The van der Waals surface area contributed by atoms with Crippen LogP contribution in [0.3, 0.4) is 0 Å².